The van der Waals surface area contributed by atoms with Crippen molar-refractivity contribution in [3.8, 4) is 0 Å². The van der Waals surface area contributed by atoms with Gasteiger partial charge in [0, 0.05) is 10.7 Å². The van der Waals surface area contributed by atoms with Crippen molar-refractivity contribution in [3.63, 3.8) is 0 Å². The number of halogens is 3. The minimum absolute atomic E-state index is 0.0300. The number of fused-ring (bicyclic) bond motifs is 1. The van der Waals surface area contributed by atoms with E-state index in [0.717, 1.165) is 11.3 Å². The molecule has 2 aromatic rings. The predicted molar refractivity (Wildman–Crippen MR) is 60.5 cm³/mol. The van der Waals surface area contributed by atoms with Crippen molar-refractivity contribution in [2.45, 2.75) is 4.21 Å². The van der Waals surface area contributed by atoms with Gasteiger partial charge in [0.25, 0.3) is 9.05 Å². The van der Waals surface area contributed by atoms with E-state index in [4.69, 9.17) is 33.9 Å². The van der Waals surface area contributed by atoms with Crippen LogP contribution in [0.1, 0.15) is 0 Å². The first-order valence-electron chi connectivity index (χ1n) is 3.45. The first kappa shape index (κ1) is 11.3. The van der Waals surface area contributed by atoms with Crippen LogP contribution in [-0.4, -0.2) is 18.4 Å². The normalized spacial score (nSPS) is 12.2. The molecule has 0 atom stereocenters. The molecule has 0 aromatic carbocycles. The molecule has 0 amide bonds. The predicted octanol–water partition coefficient (Wildman–Crippen LogP) is 2.93. The largest absolute Gasteiger partial charge is 0.270 e. The zero-order valence-corrected chi connectivity index (χ0v) is 10.6. The zero-order chi connectivity index (χ0) is 11.2. The molecule has 0 fully saturated rings. The zero-order valence-electron chi connectivity index (χ0n) is 6.74. The fourth-order valence-corrected chi connectivity index (χ4v) is 3.51. The van der Waals surface area contributed by atoms with Crippen LogP contribution in [0.2, 0.25) is 10.4 Å². The molecule has 0 spiro atoms. The van der Waals surface area contributed by atoms with Crippen LogP contribution in [0.3, 0.4) is 0 Å². The Bertz CT molecular complexity index is 637. The summed E-state index contributed by atoms with van der Waals surface area (Å²) in [6.07, 6.45) is 0. The molecule has 0 aliphatic heterocycles. The molecule has 0 unspecified atom stereocenters. The molecule has 0 saturated carbocycles. The molecule has 2 aromatic heterocycles. The van der Waals surface area contributed by atoms with Crippen LogP contribution >= 0.6 is 45.2 Å². The van der Waals surface area contributed by atoms with E-state index in [1.54, 1.807) is 0 Å². The summed E-state index contributed by atoms with van der Waals surface area (Å²) in [5.74, 6) is 0. The monoisotopic (exact) mass is 302 g/mol. The van der Waals surface area contributed by atoms with Gasteiger partial charge >= 0.3 is 0 Å². The first-order valence-corrected chi connectivity index (χ1v) is 7.33. The molecule has 0 bridgehead atoms. The maximum atomic E-state index is 11.1. The Morgan fingerprint density at radius 3 is 2.53 bits per heavy atom. The third-order valence-electron chi connectivity index (χ3n) is 1.52. The van der Waals surface area contributed by atoms with Crippen LogP contribution in [-0.2, 0) is 9.05 Å². The quantitative estimate of drug-likeness (QED) is 0.462. The number of hydrogen-bond donors (Lipinski definition) is 0. The highest BCUT2D eigenvalue weighted by Crippen LogP contribution is 2.34. The Morgan fingerprint density at radius 2 is 1.93 bits per heavy atom. The van der Waals surface area contributed by atoms with Gasteiger partial charge in [0.1, 0.15) is 4.21 Å². The van der Waals surface area contributed by atoms with Crippen molar-refractivity contribution < 1.29 is 8.42 Å². The minimum Gasteiger partial charge on any atom is -0.217 e. The van der Waals surface area contributed by atoms with Crippen molar-refractivity contribution in [1.29, 1.82) is 0 Å². The molecular formula is C6HCl3N2O2S2. The summed E-state index contributed by atoms with van der Waals surface area (Å²) in [5, 5.41) is 0.0744. The van der Waals surface area contributed by atoms with Gasteiger partial charge in [-0.2, -0.15) is 0 Å². The lowest BCUT2D eigenvalue weighted by Crippen LogP contribution is -1.83. The molecule has 15 heavy (non-hydrogen) atoms. The molecule has 4 nitrogen and oxygen atoms in total. The van der Waals surface area contributed by atoms with Crippen molar-refractivity contribution in [2.75, 3.05) is 0 Å². The molecule has 9 heteroatoms. The van der Waals surface area contributed by atoms with Crippen molar-refractivity contribution in [2.24, 2.45) is 0 Å². The van der Waals surface area contributed by atoms with Gasteiger partial charge in [-0.05, 0) is 17.7 Å². The number of rotatable bonds is 1. The first-order chi connectivity index (χ1) is 6.88. The average Bonchev–Trinajstić information content (AvgIpc) is 2.46. The Morgan fingerprint density at radius 1 is 1.27 bits per heavy atom. The summed E-state index contributed by atoms with van der Waals surface area (Å²) >= 11 is 12.2. The molecule has 2 heterocycles. The van der Waals surface area contributed by atoms with Crippen molar-refractivity contribution in [3.05, 3.63) is 16.5 Å². The molecule has 0 aliphatic rings. The maximum absolute atomic E-state index is 11.1. The third kappa shape index (κ3) is 2.19. The van der Waals surface area contributed by atoms with E-state index in [0.29, 0.717) is 10.2 Å². The maximum Gasteiger partial charge on any atom is 0.270 e. The second-order valence-electron chi connectivity index (χ2n) is 2.50. The summed E-state index contributed by atoms with van der Waals surface area (Å²) in [5.41, 5.74) is 0.365. The van der Waals surface area contributed by atoms with E-state index >= 15 is 0 Å². The number of nitrogens with zero attached hydrogens (tertiary/aromatic N) is 2. The highest BCUT2D eigenvalue weighted by molar-refractivity contribution is 8.15. The Labute approximate surface area is 103 Å². The molecule has 0 aliphatic carbocycles. The fourth-order valence-electron chi connectivity index (χ4n) is 0.967. The average molecular weight is 304 g/mol. The van der Waals surface area contributed by atoms with Crippen LogP contribution in [0.15, 0.2) is 10.3 Å². The van der Waals surface area contributed by atoms with Gasteiger partial charge in [-0.3, -0.25) is 0 Å². The number of hydrogen-bond acceptors (Lipinski definition) is 5. The molecule has 2 rings (SSSR count). The summed E-state index contributed by atoms with van der Waals surface area (Å²) < 4.78 is 22.5. The highest BCUT2D eigenvalue weighted by Gasteiger charge is 2.17. The lowest BCUT2D eigenvalue weighted by atomic mass is 10.5. The molecule has 0 saturated heterocycles. The van der Waals surface area contributed by atoms with Gasteiger partial charge in [-0.1, -0.05) is 11.6 Å². The Hall–Kier alpha value is -0.140. The van der Waals surface area contributed by atoms with Crippen LogP contribution in [0.5, 0.6) is 0 Å². The minimum atomic E-state index is -3.77. The standard InChI is InChI=1S/C6HCl3N2O2S2/c7-5-4-2(10-6(8)11-5)1-3(14-4)15(9,12)13/h1H. The Balaban J connectivity index is 2.82. The summed E-state index contributed by atoms with van der Waals surface area (Å²) in [6.45, 7) is 0. The SMILES string of the molecule is O=S(=O)(Cl)c1cc2nc(Cl)nc(Cl)c2s1. The van der Waals surface area contributed by atoms with Gasteiger partial charge in [-0.15, -0.1) is 11.3 Å². The van der Waals surface area contributed by atoms with Crippen LogP contribution < -0.4 is 0 Å². The summed E-state index contributed by atoms with van der Waals surface area (Å²) in [7, 11) is 1.41. The molecule has 80 valence electrons. The van der Waals surface area contributed by atoms with Gasteiger partial charge < -0.3 is 0 Å². The van der Waals surface area contributed by atoms with Gasteiger partial charge in [0.15, 0.2) is 5.15 Å². The highest BCUT2D eigenvalue weighted by atomic mass is 35.7. The van der Waals surface area contributed by atoms with Crippen LogP contribution in [0.25, 0.3) is 10.2 Å². The van der Waals surface area contributed by atoms with E-state index in [1.807, 2.05) is 0 Å². The van der Waals surface area contributed by atoms with Crippen molar-refractivity contribution >= 4 is 64.5 Å². The molecule has 0 radical (unpaired) electrons. The fraction of sp³-hybridized carbons (Fsp3) is 0. The van der Waals surface area contributed by atoms with Gasteiger partial charge in [0.2, 0.25) is 5.28 Å². The molecular weight excluding hydrogens is 303 g/mol. The van der Waals surface area contributed by atoms with Crippen LogP contribution in [0, 0.1) is 0 Å². The van der Waals surface area contributed by atoms with E-state index in [2.05, 4.69) is 9.97 Å². The van der Waals surface area contributed by atoms with Crippen molar-refractivity contribution in [1.82, 2.24) is 9.97 Å². The lowest BCUT2D eigenvalue weighted by Gasteiger charge is -1.91. The van der Waals surface area contributed by atoms with Gasteiger partial charge in [-0.25, -0.2) is 18.4 Å². The Kier molecular flexibility index (Phi) is 2.81. The van der Waals surface area contributed by atoms with Gasteiger partial charge in [0.05, 0.1) is 10.2 Å². The lowest BCUT2D eigenvalue weighted by molar-refractivity contribution is 0.611. The van der Waals surface area contributed by atoms with E-state index < -0.39 is 9.05 Å². The smallest absolute Gasteiger partial charge is 0.217 e. The topological polar surface area (TPSA) is 59.9 Å². The van der Waals surface area contributed by atoms with E-state index in [1.165, 1.54) is 6.07 Å². The number of thiophene rings is 1. The second kappa shape index (κ2) is 3.71. The summed E-state index contributed by atoms with van der Waals surface area (Å²) in [6, 6.07) is 1.31. The van der Waals surface area contributed by atoms with E-state index in [-0.39, 0.29) is 14.6 Å². The molecule has 0 N–H and O–H groups in total. The number of aromatic nitrogens is 2. The third-order valence-corrected chi connectivity index (χ3v) is 5.28. The van der Waals surface area contributed by atoms with Crippen LogP contribution in [0.4, 0.5) is 0 Å². The summed E-state index contributed by atoms with van der Waals surface area (Å²) in [4.78, 5) is 7.52. The second-order valence-corrected chi connectivity index (χ2v) is 7.04. The van der Waals surface area contributed by atoms with E-state index in [9.17, 15) is 8.42 Å².